The van der Waals surface area contributed by atoms with Crippen molar-refractivity contribution in [3.05, 3.63) is 5.82 Å². The van der Waals surface area contributed by atoms with E-state index in [1.165, 1.54) is 0 Å². The molecule has 1 saturated heterocycles. The van der Waals surface area contributed by atoms with Gasteiger partial charge in [-0.1, -0.05) is 19.0 Å². The number of nitrogens with zero attached hydrogens (tertiary/aromatic N) is 3. The molecule has 6 nitrogen and oxygen atoms in total. The molecule has 1 unspecified atom stereocenters. The van der Waals surface area contributed by atoms with E-state index in [1.807, 2.05) is 18.7 Å². The van der Waals surface area contributed by atoms with Crippen molar-refractivity contribution in [3.63, 3.8) is 0 Å². The first-order valence-electron chi connectivity index (χ1n) is 5.39. The van der Waals surface area contributed by atoms with Crippen LogP contribution in [0, 0.1) is 5.92 Å². The summed E-state index contributed by atoms with van der Waals surface area (Å²) in [5, 5.41) is 12.7. The van der Waals surface area contributed by atoms with Gasteiger partial charge in [-0.15, -0.1) is 0 Å². The smallest absolute Gasteiger partial charge is 0.324 e. The number of hydrogen-bond donors (Lipinski definition) is 1. The van der Waals surface area contributed by atoms with Gasteiger partial charge in [0.15, 0.2) is 5.82 Å². The third-order valence-electron chi connectivity index (χ3n) is 2.76. The number of rotatable bonds is 3. The number of aromatic nitrogens is 2. The highest BCUT2D eigenvalue weighted by Crippen LogP contribution is 2.23. The van der Waals surface area contributed by atoms with Crippen LogP contribution in [0.15, 0.2) is 4.52 Å². The molecule has 1 aliphatic rings. The monoisotopic (exact) mass is 225 g/mol. The molecule has 88 valence electrons. The molecule has 0 saturated carbocycles. The van der Waals surface area contributed by atoms with Gasteiger partial charge in [-0.25, -0.2) is 0 Å². The van der Waals surface area contributed by atoms with Gasteiger partial charge in [0.25, 0.3) is 0 Å². The lowest BCUT2D eigenvalue weighted by Crippen LogP contribution is -2.22. The SMILES string of the molecule is CC(C)c1noc(N2CCC(C(=O)O)C2)n1. The van der Waals surface area contributed by atoms with Crippen molar-refractivity contribution in [1.29, 1.82) is 0 Å². The van der Waals surface area contributed by atoms with E-state index >= 15 is 0 Å². The molecular formula is C10H15N3O3. The first-order chi connectivity index (χ1) is 7.58. The second-order valence-corrected chi connectivity index (χ2v) is 4.36. The summed E-state index contributed by atoms with van der Waals surface area (Å²) in [6, 6.07) is 0.437. The molecule has 0 aliphatic carbocycles. The Morgan fingerprint density at radius 2 is 2.38 bits per heavy atom. The Morgan fingerprint density at radius 1 is 1.62 bits per heavy atom. The Kier molecular flexibility index (Phi) is 2.80. The largest absolute Gasteiger partial charge is 0.481 e. The van der Waals surface area contributed by atoms with Crippen molar-refractivity contribution < 1.29 is 14.4 Å². The van der Waals surface area contributed by atoms with Crippen molar-refractivity contribution in [1.82, 2.24) is 10.1 Å². The second kappa shape index (κ2) is 4.11. The van der Waals surface area contributed by atoms with Crippen molar-refractivity contribution >= 4 is 12.0 Å². The molecule has 0 spiro atoms. The van der Waals surface area contributed by atoms with Crippen LogP contribution < -0.4 is 4.90 Å². The molecule has 1 N–H and O–H groups in total. The van der Waals surface area contributed by atoms with E-state index in [2.05, 4.69) is 10.1 Å². The summed E-state index contributed by atoms with van der Waals surface area (Å²) >= 11 is 0. The Hall–Kier alpha value is -1.59. The van der Waals surface area contributed by atoms with Crippen molar-refractivity contribution in [2.75, 3.05) is 18.0 Å². The second-order valence-electron chi connectivity index (χ2n) is 4.36. The molecule has 1 aromatic heterocycles. The van der Waals surface area contributed by atoms with Crippen molar-refractivity contribution in [2.24, 2.45) is 5.92 Å². The van der Waals surface area contributed by atoms with Crippen LogP contribution in [-0.4, -0.2) is 34.3 Å². The molecule has 2 heterocycles. The summed E-state index contributed by atoms with van der Waals surface area (Å²) in [7, 11) is 0. The Bertz CT molecular complexity index is 388. The number of aliphatic carboxylic acids is 1. The number of carbonyl (C=O) groups is 1. The summed E-state index contributed by atoms with van der Waals surface area (Å²) in [5.41, 5.74) is 0. The number of hydrogen-bond acceptors (Lipinski definition) is 5. The van der Waals surface area contributed by atoms with E-state index < -0.39 is 5.97 Å². The van der Waals surface area contributed by atoms with Crippen LogP contribution in [0.25, 0.3) is 0 Å². The number of anilines is 1. The molecule has 2 rings (SSSR count). The predicted octanol–water partition coefficient (Wildman–Crippen LogP) is 1.10. The fourth-order valence-electron chi connectivity index (χ4n) is 1.72. The number of carboxylic acids is 1. The summed E-state index contributed by atoms with van der Waals surface area (Å²) in [5.74, 6) is -0.204. The van der Waals surface area contributed by atoms with Gasteiger partial charge in [-0.05, 0) is 6.42 Å². The third-order valence-corrected chi connectivity index (χ3v) is 2.76. The summed E-state index contributed by atoms with van der Waals surface area (Å²) in [4.78, 5) is 16.9. The predicted molar refractivity (Wildman–Crippen MR) is 56.3 cm³/mol. The van der Waals surface area contributed by atoms with Crippen molar-refractivity contribution in [3.8, 4) is 0 Å². The number of carboxylic acid groups (broad SMARTS) is 1. The van der Waals surface area contributed by atoms with Gasteiger partial charge >= 0.3 is 12.0 Å². The molecule has 0 bridgehead atoms. The lowest BCUT2D eigenvalue weighted by atomic mass is 10.1. The highest BCUT2D eigenvalue weighted by atomic mass is 16.5. The standard InChI is InChI=1S/C10H15N3O3/c1-6(2)8-11-10(16-12-8)13-4-3-7(5-13)9(14)15/h6-7H,3-5H2,1-2H3,(H,14,15). The van der Waals surface area contributed by atoms with Gasteiger partial charge < -0.3 is 14.5 Å². The van der Waals surface area contributed by atoms with Crippen LogP contribution in [0.3, 0.4) is 0 Å². The van der Waals surface area contributed by atoms with Crippen LogP contribution in [-0.2, 0) is 4.79 Å². The highest BCUT2D eigenvalue weighted by Gasteiger charge is 2.30. The zero-order valence-corrected chi connectivity index (χ0v) is 9.38. The maximum Gasteiger partial charge on any atom is 0.324 e. The van der Waals surface area contributed by atoms with E-state index in [4.69, 9.17) is 9.63 Å². The molecule has 1 fully saturated rings. The molecule has 1 atom stereocenters. The maximum atomic E-state index is 10.8. The molecule has 0 radical (unpaired) electrons. The maximum absolute atomic E-state index is 10.8. The van der Waals surface area contributed by atoms with Gasteiger partial charge in [-0.2, -0.15) is 4.98 Å². The Morgan fingerprint density at radius 3 is 2.88 bits per heavy atom. The van der Waals surface area contributed by atoms with Gasteiger partial charge in [0, 0.05) is 19.0 Å². The Labute approximate surface area is 93.2 Å². The van der Waals surface area contributed by atoms with Crippen LogP contribution in [0.1, 0.15) is 32.0 Å². The minimum absolute atomic E-state index is 0.218. The fraction of sp³-hybridized carbons (Fsp3) is 0.700. The van der Waals surface area contributed by atoms with E-state index in [9.17, 15) is 4.79 Å². The topological polar surface area (TPSA) is 79.5 Å². The zero-order valence-electron chi connectivity index (χ0n) is 9.38. The van der Waals surface area contributed by atoms with Gasteiger partial charge in [0.2, 0.25) is 0 Å². The average Bonchev–Trinajstić information content (AvgIpc) is 2.86. The lowest BCUT2D eigenvalue weighted by molar-refractivity contribution is -0.140. The molecule has 0 aromatic carbocycles. The minimum atomic E-state index is -0.758. The zero-order chi connectivity index (χ0) is 11.7. The van der Waals surface area contributed by atoms with Gasteiger partial charge in [0.05, 0.1) is 5.92 Å². The summed E-state index contributed by atoms with van der Waals surface area (Å²) in [6.07, 6.45) is 0.634. The summed E-state index contributed by atoms with van der Waals surface area (Å²) < 4.78 is 5.11. The van der Waals surface area contributed by atoms with Gasteiger partial charge in [0.1, 0.15) is 0 Å². The van der Waals surface area contributed by atoms with Gasteiger partial charge in [-0.3, -0.25) is 4.79 Å². The Balaban J connectivity index is 2.06. The molecule has 16 heavy (non-hydrogen) atoms. The van der Waals surface area contributed by atoms with Crippen molar-refractivity contribution in [2.45, 2.75) is 26.2 Å². The molecule has 1 aliphatic heterocycles. The first kappa shape index (κ1) is 10.9. The van der Waals surface area contributed by atoms with E-state index in [1.54, 1.807) is 0 Å². The first-order valence-corrected chi connectivity index (χ1v) is 5.39. The summed E-state index contributed by atoms with van der Waals surface area (Å²) in [6.45, 7) is 5.09. The van der Waals surface area contributed by atoms with Crippen LogP contribution >= 0.6 is 0 Å². The lowest BCUT2D eigenvalue weighted by Gasteiger charge is -2.10. The normalized spacial score (nSPS) is 20.7. The average molecular weight is 225 g/mol. The molecule has 1 aromatic rings. The van der Waals surface area contributed by atoms with E-state index in [0.29, 0.717) is 31.3 Å². The van der Waals surface area contributed by atoms with Crippen LogP contribution in [0.5, 0.6) is 0 Å². The molecular weight excluding hydrogens is 210 g/mol. The van der Waals surface area contributed by atoms with Crippen LogP contribution in [0.4, 0.5) is 6.01 Å². The highest BCUT2D eigenvalue weighted by molar-refractivity contribution is 5.71. The third kappa shape index (κ3) is 2.00. The van der Waals surface area contributed by atoms with E-state index in [0.717, 1.165) is 0 Å². The van der Waals surface area contributed by atoms with Crippen LogP contribution in [0.2, 0.25) is 0 Å². The molecule has 0 amide bonds. The minimum Gasteiger partial charge on any atom is -0.481 e. The fourth-order valence-corrected chi connectivity index (χ4v) is 1.72. The van der Waals surface area contributed by atoms with E-state index in [-0.39, 0.29) is 11.8 Å². The molecule has 6 heteroatoms. The quantitative estimate of drug-likeness (QED) is 0.829.